The van der Waals surface area contributed by atoms with Gasteiger partial charge < -0.3 is 5.11 Å². The third kappa shape index (κ3) is 2.11. The predicted molar refractivity (Wildman–Crippen MR) is 72.5 cm³/mol. The van der Waals surface area contributed by atoms with E-state index in [9.17, 15) is 5.11 Å². The highest BCUT2D eigenvalue weighted by Crippen LogP contribution is 2.55. The maximum atomic E-state index is 9.32. The lowest BCUT2D eigenvalue weighted by Gasteiger charge is -2.30. The monoisotopic (exact) mass is 268 g/mol. The Labute approximate surface area is 112 Å². The molecule has 0 spiro atoms. The van der Waals surface area contributed by atoms with Crippen molar-refractivity contribution in [2.45, 2.75) is 28.4 Å². The number of hydrogen-bond donors (Lipinski definition) is 1. The van der Waals surface area contributed by atoms with Gasteiger partial charge in [-0.25, -0.2) is 0 Å². The van der Waals surface area contributed by atoms with Crippen LogP contribution in [0.15, 0.2) is 35.2 Å². The number of thioether (sulfide) groups is 1. The Morgan fingerprint density at radius 3 is 2.65 bits per heavy atom. The van der Waals surface area contributed by atoms with Gasteiger partial charge in [0.05, 0.1) is 0 Å². The molecule has 1 aromatic carbocycles. The molecule has 5 atom stereocenters. The van der Waals surface area contributed by atoms with Crippen LogP contribution in [0.5, 0.6) is 0 Å². The van der Waals surface area contributed by atoms with Crippen LogP contribution in [-0.2, 0) is 0 Å². The van der Waals surface area contributed by atoms with Crippen LogP contribution in [-0.4, -0.2) is 22.3 Å². The first kappa shape index (κ1) is 11.9. The zero-order valence-electron chi connectivity index (χ0n) is 9.63. The van der Waals surface area contributed by atoms with Gasteiger partial charge in [0.1, 0.15) is 0 Å². The van der Waals surface area contributed by atoms with Crippen LogP contribution in [0.2, 0.25) is 0 Å². The van der Waals surface area contributed by atoms with Crippen molar-refractivity contribution in [1.29, 1.82) is 0 Å². The third-order valence-electron chi connectivity index (χ3n) is 4.22. The van der Waals surface area contributed by atoms with E-state index in [1.165, 1.54) is 11.3 Å². The topological polar surface area (TPSA) is 20.2 Å². The van der Waals surface area contributed by atoms with Gasteiger partial charge in [0, 0.05) is 22.1 Å². The van der Waals surface area contributed by atoms with Crippen LogP contribution in [0.4, 0.5) is 0 Å². The minimum absolute atomic E-state index is 0.233. The fraction of sp³-hybridized carbons (Fsp3) is 0.571. The summed E-state index contributed by atoms with van der Waals surface area (Å²) in [7, 11) is 0. The fourth-order valence-corrected chi connectivity index (χ4v) is 5.43. The smallest absolute Gasteiger partial charge is 0.0492 e. The standard InChI is InChI=1S/C14H17ClOS/c15-13-12-7-9(6-10(12)8-16)14(13)17-11-4-2-1-3-5-11/h1-5,9-10,12-14,16H,6-8H2/t9-,10+,12-,13+,14+/m1/s1. The van der Waals surface area contributed by atoms with E-state index >= 15 is 0 Å². The van der Waals surface area contributed by atoms with Crippen molar-refractivity contribution in [3.63, 3.8) is 0 Å². The quantitative estimate of drug-likeness (QED) is 0.848. The molecule has 0 aliphatic heterocycles. The molecule has 2 aliphatic carbocycles. The Morgan fingerprint density at radius 2 is 2.00 bits per heavy atom. The molecule has 2 fully saturated rings. The summed E-state index contributed by atoms with van der Waals surface area (Å²) in [6, 6.07) is 10.5. The number of alkyl halides is 1. The largest absolute Gasteiger partial charge is 0.396 e. The molecule has 2 aliphatic rings. The molecule has 1 aromatic rings. The summed E-state index contributed by atoms with van der Waals surface area (Å²) >= 11 is 8.49. The van der Waals surface area contributed by atoms with E-state index in [1.807, 2.05) is 17.8 Å². The van der Waals surface area contributed by atoms with Gasteiger partial charge in [-0.1, -0.05) is 18.2 Å². The molecule has 3 heteroatoms. The van der Waals surface area contributed by atoms with Gasteiger partial charge in [0.25, 0.3) is 0 Å². The van der Waals surface area contributed by atoms with Crippen molar-refractivity contribution in [3.05, 3.63) is 30.3 Å². The Balaban J connectivity index is 1.71. The minimum atomic E-state index is 0.233. The number of aliphatic hydroxyl groups excluding tert-OH is 1. The van der Waals surface area contributed by atoms with E-state index < -0.39 is 0 Å². The van der Waals surface area contributed by atoms with Gasteiger partial charge in [0.2, 0.25) is 0 Å². The molecule has 0 unspecified atom stereocenters. The average Bonchev–Trinajstić information content (AvgIpc) is 2.91. The van der Waals surface area contributed by atoms with E-state index in [2.05, 4.69) is 24.3 Å². The highest BCUT2D eigenvalue weighted by atomic mass is 35.5. The van der Waals surface area contributed by atoms with Gasteiger partial charge >= 0.3 is 0 Å². The first-order chi connectivity index (χ1) is 8.29. The summed E-state index contributed by atoms with van der Waals surface area (Å²) in [5.74, 6) is 1.69. The van der Waals surface area contributed by atoms with Gasteiger partial charge in [-0.15, -0.1) is 23.4 Å². The van der Waals surface area contributed by atoms with Crippen LogP contribution in [0.3, 0.4) is 0 Å². The molecule has 0 radical (unpaired) electrons. The summed E-state index contributed by atoms with van der Waals surface area (Å²) in [6.45, 7) is 0.313. The number of rotatable bonds is 3. The molecule has 92 valence electrons. The second-order valence-electron chi connectivity index (χ2n) is 5.18. The van der Waals surface area contributed by atoms with Crippen LogP contribution in [0, 0.1) is 17.8 Å². The van der Waals surface area contributed by atoms with E-state index in [0.29, 0.717) is 29.6 Å². The number of hydrogen-bond acceptors (Lipinski definition) is 2. The minimum Gasteiger partial charge on any atom is -0.396 e. The van der Waals surface area contributed by atoms with E-state index in [-0.39, 0.29) is 5.38 Å². The Kier molecular flexibility index (Phi) is 3.38. The average molecular weight is 269 g/mol. The van der Waals surface area contributed by atoms with Crippen molar-refractivity contribution in [2.75, 3.05) is 6.61 Å². The highest BCUT2D eigenvalue weighted by Gasteiger charge is 2.51. The van der Waals surface area contributed by atoms with Crippen molar-refractivity contribution in [2.24, 2.45) is 17.8 Å². The van der Waals surface area contributed by atoms with E-state index in [0.717, 1.165) is 6.42 Å². The molecule has 0 saturated heterocycles. The number of aliphatic hydroxyl groups is 1. The number of benzene rings is 1. The maximum Gasteiger partial charge on any atom is 0.0492 e. The van der Waals surface area contributed by atoms with E-state index in [4.69, 9.17) is 11.6 Å². The molecule has 1 nitrogen and oxygen atoms in total. The van der Waals surface area contributed by atoms with Crippen LogP contribution >= 0.6 is 23.4 Å². The fourth-order valence-electron chi connectivity index (χ4n) is 3.39. The second-order valence-corrected chi connectivity index (χ2v) is 6.93. The summed E-state index contributed by atoms with van der Waals surface area (Å²) in [4.78, 5) is 1.32. The van der Waals surface area contributed by atoms with Gasteiger partial charge in [-0.3, -0.25) is 0 Å². The molecule has 0 amide bonds. The van der Waals surface area contributed by atoms with Crippen molar-refractivity contribution in [3.8, 4) is 0 Å². The molecule has 2 bridgehead atoms. The summed E-state index contributed by atoms with van der Waals surface area (Å²) in [5.41, 5.74) is 0. The lowest BCUT2D eigenvalue weighted by Crippen LogP contribution is -2.32. The predicted octanol–water partition coefficient (Wildman–Crippen LogP) is 3.40. The molecule has 0 heterocycles. The SMILES string of the molecule is OC[C@@H]1C[C@@H]2C[C@H]1[C@H](Cl)[C@H]2Sc1ccccc1. The third-order valence-corrected chi connectivity index (χ3v) is 6.46. The summed E-state index contributed by atoms with van der Waals surface area (Å²) in [5, 5.41) is 10.1. The first-order valence-corrected chi connectivity index (χ1v) is 7.58. The molecule has 0 aromatic heterocycles. The van der Waals surface area contributed by atoms with Gasteiger partial charge in [0.15, 0.2) is 0 Å². The van der Waals surface area contributed by atoms with Crippen molar-refractivity contribution >= 4 is 23.4 Å². The molecule has 17 heavy (non-hydrogen) atoms. The number of fused-ring (bicyclic) bond motifs is 2. The normalized spacial score (nSPS) is 39.8. The summed E-state index contributed by atoms with van der Waals surface area (Å²) in [6.07, 6.45) is 2.37. The molecule has 1 N–H and O–H groups in total. The number of halogens is 1. The molecule has 3 rings (SSSR count). The lowest BCUT2D eigenvalue weighted by atomic mass is 9.89. The van der Waals surface area contributed by atoms with Gasteiger partial charge in [-0.05, 0) is 42.7 Å². The van der Waals surface area contributed by atoms with Crippen LogP contribution in [0.1, 0.15) is 12.8 Å². The summed E-state index contributed by atoms with van der Waals surface area (Å²) < 4.78 is 0. The van der Waals surface area contributed by atoms with Gasteiger partial charge in [-0.2, -0.15) is 0 Å². The van der Waals surface area contributed by atoms with Crippen LogP contribution in [0.25, 0.3) is 0 Å². The lowest BCUT2D eigenvalue weighted by molar-refractivity contribution is 0.180. The molecular weight excluding hydrogens is 252 g/mol. The molecular formula is C14H17ClOS. The second kappa shape index (κ2) is 4.83. The Morgan fingerprint density at radius 1 is 1.24 bits per heavy atom. The maximum absolute atomic E-state index is 9.32. The highest BCUT2D eigenvalue weighted by molar-refractivity contribution is 8.00. The Hall–Kier alpha value is -0.180. The van der Waals surface area contributed by atoms with Crippen LogP contribution < -0.4 is 0 Å². The zero-order chi connectivity index (χ0) is 11.8. The Bertz CT molecular complexity index is 379. The van der Waals surface area contributed by atoms with Crippen molar-refractivity contribution < 1.29 is 5.11 Å². The van der Waals surface area contributed by atoms with Crippen molar-refractivity contribution in [1.82, 2.24) is 0 Å². The molecule has 2 saturated carbocycles. The first-order valence-electron chi connectivity index (χ1n) is 6.26. The van der Waals surface area contributed by atoms with E-state index in [1.54, 1.807) is 0 Å². The zero-order valence-corrected chi connectivity index (χ0v) is 11.2.